The van der Waals surface area contributed by atoms with Crippen LogP contribution in [0, 0.1) is 0 Å². The van der Waals surface area contributed by atoms with E-state index in [0.29, 0.717) is 5.56 Å². The fourth-order valence-corrected chi connectivity index (χ4v) is 2.21. The molecule has 0 aliphatic rings. The van der Waals surface area contributed by atoms with E-state index in [1.807, 2.05) is 5.32 Å². The second-order valence-corrected chi connectivity index (χ2v) is 5.56. The Kier molecular flexibility index (Phi) is 6.59. The Morgan fingerprint density at radius 2 is 1.68 bits per heavy atom. The molecule has 2 rings (SSSR count). The van der Waals surface area contributed by atoms with Gasteiger partial charge >= 0.3 is 12.2 Å². The molecule has 0 bridgehead atoms. The number of carbonyl (C=O) groups is 3. The van der Waals surface area contributed by atoms with Gasteiger partial charge in [-0.05, 0) is 30.3 Å². The van der Waals surface area contributed by atoms with Gasteiger partial charge in [0.15, 0.2) is 0 Å². The van der Waals surface area contributed by atoms with Crippen molar-refractivity contribution in [1.29, 1.82) is 0 Å². The number of rotatable bonds is 5. The number of alkyl halides is 3. The Balaban J connectivity index is 2.16. The SMILES string of the molecule is CNC(=O)NC(=O)CNc1ccc(NC(=O)c2ccccc2)cc1C(F)(F)F. The first-order chi connectivity index (χ1) is 13.2. The molecule has 10 heteroatoms. The van der Waals surface area contributed by atoms with Gasteiger partial charge in [0.1, 0.15) is 0 Å². The van der Waals surface area contributed by atoms with Crippen molar-refractivity contribution in [3.63, 3.8) is 0 Å². The third-order valence-electron chi connectivity index (χ3n) is 3.54. The molecule has 0 unspecified atom stereocenters. The first-order valence-electron chi connectivity index (χ1n) is 8.04. The van der Waals surface area contributed by atoms with Crippen LogP contribution in [0.15, 0.2) is 48.5 Å². The number of benzene rings is 2. The van der Waals surface area contributed by atoms with Gasteiger partial charge < -0.3 is 16.0 Å². The van der Waals surface area contributed by atoms with Gasteiger partial charge in [0.05, 0.1) is 12.1 Å². The summed E-state index contributed by atoms with van der Waals surface area (Å²) in [7, 11) is 1.29. The maximum absolute atomic E-state index is 13.4. The average Bonchev–Trinajstić information content (AvgIpc) is 2.66. The molecule has 0 spiro atoms. The lowest BCUT2D eigenvalue weighted by Crippen LogP contribution is -2.40. The summed E-state index contributed by atoms with van der Waals surface area (Å²) in [6, 6.07) is 10.4. The van der Waals surface area contributed by atoms with Crippen LogP contribution in [0.25, 0.3) is 0 Å². The molecule has 2 aromatic rings. The van der Waals surface area contributed by atoms with E-state index in [1.54, 1.807) is 18.2 Å². The lowest BCUT2D eigenvalue weighted by Gasteiger charge is -2.16. The molecule has 2 aromatic carbocycles. The second-order valence-electron chi connectivity index (χ2n) is 5.56. The predicted molar refractivity (Wildman–Crippen MR) is 96.9 cm³/mol. The van der Waals surface area contributed by atoms with Crippen molar-refractivity contribution < 1.29 is 27.6 Å². The number of imide groups is 1. The standard InChI is InChI=1S/C18H17F3N4O3/c1-22-17(28)25-15(26)10-23-14-8-7-12(9-13(14)18(19,20)21)24-16(27)11-5-3-2-4-6-11/h2-9,23H,10H2,1H3,(H,24,27)(H2,22,25,26,28). The molecule has 0 saturated heterocycles. The Labute approximate surface area is 158 Å². The van der Waals surface area contributed by atoms with E-state index in [1.165, 1.54) is 25.2 Å². The number of carbonyl (C=O) groups excluding carboxylic acids is 3. The Morgan fingerprint density at radius 3 is 2.29 bits per heavy atom. The lowest BCUT2D eigenvalue weighted by atomic mass is 10.1. The molecule has 0 saturated carbocycles. The van der Waals surface area contributed by atoms with Crippen molar-refractivity contribution in [3.05, 3.63) is 59.7 Å². The molecule has 0 atom stereocenters. The van der Waals surface area contributed by atoms with E-state index < -0.39 is 36.1 Å². The van der Waals surface area contributed by atoms with Crippen LogP contribution in [0.1, 0.15) is 15.9 Å². The second kappa shape index (κ2) is 8.89. The van der Waals surface area contributed by atoms with Crippen molar-refractivity contribution in [1.82, 2.24) is 10.6 Å². The predicted octanol–water partition coefficient (Wildman–Crippen LogP) is 2.83. The molecule has 4 amide bonds. The van der Waals surface area contributed by atoms with E-state index in [9.17, 15) is 27.6 Å². The molecule has 0 aliphatic heterocycles. The number of nitrogens with one attached hydrogen (secondary N) is 4. The molecule has 0 aromatic heterocycles. The van der Waals surface area contributed by atoms with Gasteiger partial charge in [0.25, 0.3) is 5.91 Å². The van der Waals surface area contributed by atoms with Crippen LogP contribution in [0.3, 0.4) is 0 Å². The third-order valence-corrected chi connectivity index (χ3v) is 3.54. The molecular formula is C18H17F3N4O3. The van der Waals surface area contributed by atoms with Crippen LogP contribution >= 0.6 is 0 Å². The topological polar surface area (TPSA) is 99.3 Å². The maximum Gasteiger partial charge on any atom is 0.418 e. The summed E-state index contributed by atoms with van der Waals surface area (Å²) in [5.74, 6) is -1.37. The van der Waals surface area contributed by atoms with Gasteiger partial charge in [0.2, 0.25) is 5.91 Å². The van der Waals surface area contributed by atoms with Gasteiger partial charge in [-0.3, -0.25) is 14.9 Å². The minimum atomic E-state index is -4.73. The van der Waals surface area contributed by atoms with Crippen LogP contribution in [-0.4, -0.2) is 31.4 Å². The third kappa shape index (κ3) is 5.73. The highest BCUT2D eigenvalue weighted by Crippen LogP contribution is 2.36. The van der Waals surface area contributed by atoms with E-state index >= 15 is 0 Å². The summed E-state index contributed by atoms with van der Waals surface area (Å²) in [6.07, 6.45) is -4.73. The van der Waals surface area contributed by atoms with Gasteiger partial charge in [-0.15, -0.1) is 0 Å². The number of hydrogen-bond acceptors (Lipinski definition) is 4. The largest absolute Gasteiger partial charge is 0.418 e. The minimum absolute atomic E-state index is 0.0541. The van der Waals surface area contributed by atoms with Crippen LogP contribution < -0.4 is 21.3 Å². The fourth-order valence-electron chi connectivity index (χ4n) is 2.21. The average molecular weight is 394 g/mol. The van der Waals surface area contributed by atoms with E-state index in [-0.39, 0.29) is 11.4 Å². The molecule has 28 heavy (non-hydrogen) atoms. The molecule has 0 radical (unpaired) electrons. The van der Waals surface area contributed by atoms with E-state index in [2.05, 4.69) is 16.0 Å². The number of amides is 4. The number of hydrogen-bond donors (Lipinski definition) is 4. The normalized spacial score (nSPS) is 10.7. The number of anilines is 2. The Hall–Kier alpha value is -3.56. The van der Waals surface area contributed by atoms with Gasteiger partial charge in [0, 0.05) is 24.0 Å². The van der Waals surface area contributed by atoms with Crippen molar-refractivity contribution in [2.24, 2.45) is 0 Å². The molecule has 0 heterocycles. The molecular weight excluding hydrogens is 377 g/mol. The zero-order chi connectivity index (χ0) is 20.7. The monoisotopic (exact) mass is 394 g/mol. The van der Waals surface area contributed by atoms with Crippen molar-refractivity contribution in [3.8, 4) is 0 Å². The van der Waals surface area contributed by atoms with Crippen LogP contribution in [0.5, 0.6) is 0 Å². The maximum atomic E-state index is 13.4. The summed E-state index contributed by atoms with van der Waals surface area (Å²) in [4.78, 5) is 34.7. The fraction of sp³-hybridized carbons (Fsp3) is 0.167. The highest BCUT2D eigenvalue weighted by molar-refractivity contribution is 6.04. The highest BCUT2D eigenvalue weighted by atomic mass is 19.4. The summed E-state index contributed by atoms with van der Waals surface area (Å²) in [5.41, 5.74) is -1.19. The molecule has 148 valence electrons. The van der Waals surface area contributed by atoms with Crippen LogP contribution in [-0.2, 0) is 11.0 Å². The van der Waals surface area contributed by atoms with Gasteiger partial charge in [-0.25, -0.2) is 4.79 Å². The van der Waals surface area contributed by atoms with Crippen LogP contribution in [0.2, 0.25) is 0 Å². The summed E-state index contributed by atoms with van der Waals surface area (Å²) >= 11 is 0. The quantitative estimate of drug-likeness (QED) is 0.627. The summed E-state index contributed by atoms with van der Waals surface area (Å²) < 4.78 is 40.1. The molecule has 7 nitrogen and oxygen atoms in total. The van der Waals surface area contributed by atoms with Crippen molar-refractivity contribution >= 4 is 29.2 Å². The summed E-state index contributed by atoms with van der Waals surface area (Å²) in [6.45, 7) is -0.549. The molecule has 0 aliphatic carbocycles. The molecule has 4 N–H and O–H groups in total. The number of urea groups is 1. The van der Waals surface area contributed by atoms with E-state index in [4.69, 9.17) is 0 Å². The zero-order valence-electron chi connectivity index (χ0n) is 14.7. The van der Waals surface area contributed by atoms with Crippen LogP contribution in [0.4, 0.5) is 29.3 Å². The Morgan fingerprint density at radius 1 is 1.00 bits per heavy atom. The van der Waals surface area contributed by atoms with E-state index in [0.717, 1.165) is 12.1 Å². The van der Waals surface area contributed by atoms with Crippen molar-refractivity contribution in [2.75, 3.05) is 24.2 Å². The first kappa shape index (κ1) is 20.7. The smallest absolute Gasteiger partial charge is 0.376 e. The minimum Gasteiger partial charge on any atom is -0.376 e. The zero-order valence-corrected chi connectivity index (χ0v) is 14.7. The summed E-state index contributed by atoms with van der Waals surface area (Å²) in [5, 5.41) is 8.81. The van der Waals surface area contributed by atoms with Gasteiger partial charge in [-0.2, -0.15) is 13.2 Å². The molecule has 0 fully saturated rings. The van der Waals surface area contributed by atoms with Gasteiger partial charge in [-0.1, -0.05) is 18.2 Å². The Bertz CT molecular complexity index is 870. The number of halogens is 3. The first-order valence-corrected chi connectivity index (χ1v) is 8.04. The van der Waals surface area contributed by atoms with Crippen molar-refractivity contribution in [2.45, 2.75) is 6.18 Å². The highest BCUT2D eigenvalue weighted by Gasteiger charge is 2.34. The lowest BCUT2D eigenvalue weighted by molar-refractivity contribution is -0.137.